The number of rotatable bonds is 6. The molecule has 116 valence electrons. The fourth-order valence-electron chi connectivity index (χ4n) is 2.05. The lowest BCUT2D eigenvalue weighted by molar-refractivity contribution is 1.29. The van der Waals surface area contributed by atoms with Crippen molar-refractivity contribution < 1.29 is 0 Å². The number of anilines is 1. The Morgan fingerprint density at radius 1 is 1.13 bits per heavy atom. The number of thiazole rings is 1. The van der Waals surface area contributed by atoms with Crippen LogP contribution in [0.25, 0.3) is 11.3 Å². The standard InChI is InChI=1S/C18H17N3S2/c1-2-22-16-10-8-14(9-11-16)12-19-21-18-20-17(13-23-18)15-6-4-3-5-7-15/h3-13H,2H2,1H3,(H,20,21). The Balaban J connectivity index is 1.61. The van der Waals surface area contributed by atoms with Crippen molar-refractivity contribution >= 4 is 34.4 Å². The van der Waals surface area contributed by atoms with E-state index >= 15 is 0 Å². The van der Waals surface area contributed by atoms with E-state index in [1.165, 1.54) is 4.90 Å². The lowest BCUT2D eigenvalue weighted by Gasteiger charge is -1.98. The summed E-state index contributed by atoms with van der Waals surface area (Å²) in [7, 11) is 0. The molecule has 0 saturated heterocycles. The molecular weight excluding hydrogens is 322 g/mol. The third-order valence-electron chi connectivity index (χ3n) is 3.14. The van der Waals surface area contributed by atoms with Gasteiger partial charge in [-0.15, -0.1) is 23.1 Å². The molecule has 0 aliphatic heterocycles. The van der Waals surface area contributed by atoms with Gasteiger partial charge in [0.2, 0.25) is 5.13 Å². The predicted molar refractivity (Wildman–Crippen MR) is 102 cm³/mol. The fraction of sp³-hybridized carbons (Fsp3) is 0.111. The number of nitrogens with one attached hydrogen (secondary N) is 1. The molecule has 0 saturated carbocycles. The van der Waals surface area contributed by atoms with Crippen LogP contribution < -0.4 is 5.43 Å². The van der Waals surface area contributed by atoms with Gasteiger partial charge in [0, 0.05) is 15.8 Å². The van der Waals surface area contributed by atoms with E-state index in [-0.39, 0.29) is 0 Å². The summed E-state index contributed by atoms with van der Waals surface area (Å²) in [4.78, 5) is 5.82. The molecule has 3 aromatic rings. The van der Waals surface area contributed by atoms with Crippen molar-refractivity contribution in [3.05, 3.63) is 65.5 Å². The second-order valence-electron chi connectivity index (χ2n) is 4.78. The van der Waals surface area contributed by atoms with E-state index in [1.54, 1.807) is 11.3 Å². The van der Waals surface area contributed by atoms with Crippen molar-refractivity contribution in [2.24, 2.45) is 5.10 Å². The second kappa shape index (κ2) is 7.94. The van der Waals surface area contributed by atoms with Crippen LogP contribution in [-0.4, -0.2) is 17.0 Å². The normalized spacial score (nSPS) is 11.0. The molecule has 0 atom stereocenters. The first kappa shape index (κ1) is 15.8. The molecule has 23 heavy (non-hydrogen) atoms. The molecule has 1 N–H and O–H groups in total. The summed E-state index contributed by atoms with van der Waals surface area (Å²) in [6.45, 7) is 2.15. The Hall–Kier alpha value is -2.11. The molecule has 0 spiro atoms. The molecule has 0 radical (unpaired) electrons. The molecule has 0 bridgehead atoms. The summed E-state index contributed by atoms with van der Waals surface area (Å²) in [5.41, 5.74) is 6.14. The number of hydrogen-bond acceptors (Lipinski definition) is 5. The number of hydrazone groups is 1. The smallest absolute Gasteiger partial charge is 0.203 e. The van der Waals surface area contributed by atoms with Crippen molar-refractivity contribution in [2.45, 2.75) is 11.8 Å². The summed E-state index contributed by atoms with van der Waals surface area (Å²) < 4.78 is 0. The zero-order chi connectivity index (χ0) is 15.9. The minimum absolute atomic E-state index is 0.790. The minimum atomic E-state index is 0.790. The second-order valence-corrected chi connectivity index (χ2v) is 6.97. The van der Waals surface area contributed by atoms with Crippen LogP contribution in [0, 0.1) is 0 Å². The Kier molecular flexibility index (Phi) is 5.45. The van der Waals surface area contributed by atoms with Crippen molar-refractivity contribution in [1.82, 2.24) is 4.98 Å². The van der Waals surface area contributed by atoms with Crippen molar-refractivity contribution in [2.75, 3.05) is 11.2 Å². The molecular formula is C18H17N3S2. The molecule has 0 aliphatic rings. The molecule has 0 unspecified atom stereocenters. The van der Waals surface area contributed by atoms with Gasteiger partial charge >= 0.3 is 0 Å². The van der Waals surface area contributed by atoms with Crippen LogP contribution in [0.2, 0.25) is 0 Å². The first-order valence-electron chi connectivity index (χ1n) is 7.38. The molecule has 0 aliphatic carbocycles. The molecule has 0 fully saturated rings. The molecule has 0 amide bonds. The van der Waals surface area contributed by atoms with E-state index < -0.39 is 0 Å². The lowest BCUT2D eigenvalue weighted by atomic mass is 10.2. The van der Waals surface area contributed by atoms with Crippen LogP contribution in [0.4, 0.5) is 5.13 Å². The fourth-order valence-corrected chi connectivity index (χ4v) is 3.38. The largest absolute Gasteiger partial charge is 0.253 e. The summed E-state index contributed by atoms with van der Waals surface area (Å²) in [6, 6.07) is 18.5. The average Bonchev–Trinajstić information content (AvgIpc) is 3.06. The number of aromatic nitrogens is 1. The molecule has 3 nitrogen and oxygen atoms in total. The van der Waals surface area contributed by atoms with Gasteiger partial charge in [0.1, 0.15) is 0 Å². The predicted octanol–water partition coefficient (Wildman–Crippen LogP) is 5.37. The quantitative estimate of drug-likeness (QED) is 0.373. The van der Waals surface area contributed by atoms with E-state index in [4.69, 9.17) is 0 Å². The van der Waals surface area contributed by atoms with Gasteiger partial charge in [-0.1, -0.05) is 49.4 Å². The molecule has 5 heteroatoms. The third kappa shape index (κ3) is 4.43. The monoisotopic (exact) mass is 339 g/mol. The highest BCUT2D eigenvalue weighted by Gasteiger charge is 2.02. The molecule has 1 heterocycles. The molecule has 1 aromatic heterocycles. The maximum atomic E-state index is 4.54. The van der Waals surface area contributed by atoms with E-state index in [0.29, 0.717) is 0 Å². The van der Waals surface area contributed by atoms with Crippen LogP contribution in [0.5, 0.6) is 0 Å². The van der Waals surface area contributed by atoms with Gasteiger partial charge in [0.15, 0.2) is 0 Å². The first-order chi connectivity index (χ1) is 11.3. The van der Waals surface area contributed by atoms with Crippen molar-refractivity contribution in [1.29, 1.82) is 0 Å². The van der Waals surface area contributed by atoms with E-state index in [2.05, 4.69) is 58.8 Å². The van der Waals surface area contributed by atoms with Crippen LogP contribution >= 0.6 is 23.1 Å². The lowest BCUT2D eigenvalue weighted by Crippen LogP contribution is -1.90. The number of benzene rings is 2. The van der Waals surface area contributed by atoms with Gasteiger partial charge < -0.3 is 0 Å². The minimum Gasteiger partial charge on any atom is -0.253 e. The summed E-state index contributed by atoms with van der Waals surface area (Å²) >= 11 is 3.39. The van der Waals surface area contributed by atoms with Gasteiger partial charge in [0.25, 0.3) is 0 Å². The number of hydrogen-bond donors (Lipinski definition) is 1. The van der Waals surface area contributed by atoms with Gasteiger partial charge in [-0.05, 0) is 23.4 Å². The van der Waals surface area contributed by atoms with Gasteiger partial charge in [-0.2, -0.15) is 5.10 Å². The molecule has 3 rings (SSSR count). The Labute approximate surface area is 144 Å². The average molecular weight is 339 g/mol. The van der Waals surface area contributed by atoms with Gasteiger partial charge in [0.05, 0.1) is 11.9 Å². The Morgan fingerprint density at radius 3 is 2.65 bits per heavy atom. The Bertz CT molecular complexity index is 764. The van der Waals surface area contributed by atoms with Crippen molar-refractivity contribution in [3.8, 4) is 11.3 Å². The van der Waals surface area contributed by atoms with Gasteiger partial charge in [-0.25, -0.2) is 4.98 Å². The highest BCUT2D eigenvalue weighted by atomic mass is 32.2. The van der Waals surface area contributed by atoms with E-state index in [0.717, 1.165) is 27.7 Å². The number of thioether (sulfide) groups is 1. The number of nitrogens with zero attached hydrogens (tertiary/aromatic N) is 2. The third-order valence-corrected chi connectivity index (χ3v) is 4.78. The topological polar surface area (TPSA) is 37.3 Å². The zero-order valence-electron chi connectivity index (χ0n) is 12.8. The van der Waals surface area contributed by atoms with Gasteiger partial charge in [-0.3, -0.25) is 5.43 Å². The highest BCUT2D eigenvalue weighted by Crippen LogP contribution is 2.24. The summed E-state index contributed by atoms with van der Waals surface area (Å²) in [6.07, 6.45) is 1.81. The van der Waals surface area contributed by atoms with Crippen molar-refractivity contribution in [3.63, 3.8) is 0 Å². The zero-order valence-corrected chi connectivity index (χ0v) is 14.4. The highest BCUT2D eigenvalue weighted by molar-refractivity contribution is 7.99. The first-order valence-corrected chi connectivity index (χ1v) is 9.24. The molecule has 2 aromatic carbocycles. The van der Waals surface area contributed by atoms with Crippen LogP contribution in [-0.2, 0) is 0 Å². The van der Waals surface area contributed by atoms with E-state index in [1.807, 2.05) is 41.6 Å². The Morgan fingerprint density at radius 2 is 1.91 bits per heavy atom. The SMILES string of the molecule is CCSc1ccc(C=NNc2nc(-c3ccccc3)cs2)cc1. The van der Waals surface area contributed by atoms with Crippen LogP contribution in [0.3, 0.4) is 0 Å². The summed E-state index contributed by atoms with van der Waals surface area (Å²) in [5.74, 6) is 1.09. The van der Waals surface area contributed by atoms with Crippen LogP contribution in [0.1, 0.15) is 12.5 Å². The maximum absolute atomic E-state index is 4.54. The van der Waals surface area contributed by atoms with E-state index in [9.17, 15) is 0 Å². The summed E-state index contributed by atoms with van der Waals surface area (Å²) in [5, 5.41) is 7.08. The van der Waals surface area contributed by atoms with Crippen LogP contribution in [0.15, 0.2) is 70.0 Å². The maximum Gasteiger partial charge on any atom is 0.203 e.